The second kappa shape index (κ2) is 3.49. The van der Waals surface area contributed by atoms with Gasteiger partial charge in [0, 0.05) is 6.07 Å². The van der Waals surface area contributed by atoms with E-state index in [1.165, 1.54) is 4.90 Å². The van der Waals surface area contributed by atoms with E-state index in [2.05, 4.69) is 0 Å². The van der Waals surface area contributed by atoms with E-state index in [0.717, 1.165) is 18.2 Å². The molecule has 0 saturated carbocycles. The Morgan fingerprint density at radius 1 is 1.33 bits per heavy atom. The topological polar surface area (TPSA) is 29.5 Å². The molecule has 1 aromatic rings. The molecule has 0 spiro atoms. The van der Waals surface area contributed by atoms with Crippen molar-refractivity contribution >= 4 is 11.8 Å². The van der Waals surface area contributed by atoms with Crippen LogP contribution in [0.4, 0.5) is 19.3 Å². The summed E-state index contributed by atoms with van der Waals surface area (Å²) in [6, 6.07) is 2.96. The Morgan fingerprint density at radius 2 is 1.93 bits per heavy atom. The number of anilines is 1. The fourth-order valence-corrected chi connectivity index (χ4v) is 1.51. The quantitative estimate of drug-likeness (QED) is 0.716. The number of nitrogens with zero attached hydrogens (tertiary/aromatic N) is 1. The third-order valence-corrected chi connectivity index (χ3v) is 2.12. The third-order valence-electron chi connectivity index (χ3n) is 2.12. The summed E-state index contributed by atoms with van der Waals surface area (Å²) < 4.78 is 30.6. The van der Waals surface area contributed by atoms with E-state index in [4.69, 9.17) is 4.74 Å². The number of ether oxygens (including phenoxy) is 1. The molecule has 0 radical (unpaired) electrons. The predicted octanol–water partition coefficient (Wildman–Crippen LogP) is 2.31. The van der Waals surface area contributed by atoms with Gasteiger partial charge in [0.15, 0.2) is 0 Å². The van der Waals surface area contributed by atoms with Crippen molar-refractivity contribution in [1.82, 2.24) is 0 Å². The molecule has 15 heavy (non-hydrogen) atoms. The fourth-order valence-electron chi connectivity index (χ4n) is 1.51. The second-order valence-electron chi connectivity index (χ2n) is 3.43. The lowest BCUT2D eigenvalue weighted by atomic mass is 10.2. The highest BCUT2D eigenvalue weighted by molar-refractivity contribution is 5.89. The largest absolute Gasteiger partial charge is 0.444 e. The number of benzene rings is 1. The zero-order valence-corrected chi connectivity index (χ0v) is 8.04. The van der Waals surface area contributed by atoms with Crippen molar-refractivity contribution in [2.45, 2.75) is 13.0 Å². The van der Waals surface area contributed by atoms with Gasteiger partial charge in [-0.05, 0) is 19.1 Å². The van der Waals surface area contributed by atoms with Crippen LogP contribution >= 0.6 is 0 Å². The van der Waals surface area contributed by atoms with Crippen molar-refractivity contribution in [3.8, 4) is 0 Å². The molecule has 1 heterocycles. The summed E-state index contributed by atoms with van der Waals surface area (Å²) in [7, 11) is 0. The van der Waals surface area contributed by atoms with Gasteiger partial charge >= 0.3 is 6.09 Å². The van der Waals surface area contributed by atoms with Crippen LogP contribution in [0.1, 0.15) is 6.92 Å². The molecule has 1 aliphatic heterocycles. The van der Waals surface area contributed by atoms with E-state index in [-0.39, 0.29) is 11.8 Å². The number of amides is 1. The molecule has 5 heteroatoms. The van der Waals surface area contributed by atoms with E-state index in [1.807, 2.05) is 0 Å². The van der Waals surface area contributed by atoms with E-state index in [1.54, 1.807) is 6.92 Å². The molecule has 1 aliphatic rings. The van der Waals surface area contributed by atoms with Crippen LogP contribution in [0.5, 0.6) is 0 Å². The minimum atomic E-state index is -0.711. The first-order valence-electron chi connectivity index (χ1n) is 4.50. The summed E-state index contributed by atoms with van der Waals surface area (Å²) in [6.07, 6.45) is -0.837. The normalized spacial score (nSPS) is 20.6. The first-order valence-corrected chi connectivity index (χ1v) is 4.50. The van der Waals surface area contributed by atoms with Crippen LogP contribution < -0.4 is 4.90 Å². The molecule has 1 unspecified atom stereocenters. The summed E-state index contributed by atoms with van der Waals surface area (Å²) in [5.41, 5.74) is 0.182. The molecule has 1 atom stereocenters. The van der Waals surface area contributed by atoms with Gasteiger partial charge in [0.1, 0.15) is 17.7 Å². The van der Waals surface area contributed by atoms with Gasteiger partial charge in [0.2, 0.25) is 0 Å². The SMILES string of the molecule is CC1CN(c2cc(F)cc(F)c2)C(=O)O1. The zero-order valence-electron chi connectivity index (χ0n) is 8.04. The van der Waals surface area contributed by atoms with Gasteiger partial charge in [-0.2, -0.15) is 0 Å². The maximum atomic E-state index is 12.9. The Balaban J connectivity index is 2.33. The third kappa shape index (κ3) is 1.91. The second-order valence-corrected chi connectivity index (χ2v) is 3.43. The van der Waals surface area contributed by atoms with Crippen molar-refractivity contribution < 1.29 is 18.3 Å². The van der Waals surface area contributed by atoms with E-state index in [9.17, 15) is 13.6 Å². The Hall–Kier alpha value is -1.65. The zero-order chi connectivity index (χ0) is 11.0. The maximum Gasteiger partial charge on any atom is 0.414 e. The first-order chi connectivity index (χ1) is 7.06. The number of cyclic esters (lactones) is 1. The van der Waals surface area contributed by atoms with Gasteiger partial charge in [0.05, 0.1) is 12.2 Å². The molecule has 3 nitrogen and oxygen atoms in total. The monoisotopic (exact) mass is 213 g/mol. The highest BCUT2D eigenvalue weighted by atomic mass is 19.1. The minimum Gasteiger partial charge on any atom is -0.444 e. The number of hydrogen-bond donors (Lipinski definition) is 0. The summed E-state index contributed by atoms with van der Waals surface area (Å²) in [4.78, 5) is 12.5. The summed E-state index contributed by atoms with van der Waals surface area (Å²) >= 11 is 0. The van der Waals surface area contributed by atoms with E-state index < -0.39 is 17.7 Å². The standard InChI is InChI=1S/C10H9F2NO2/c1-6-5-13(10(14)15-6)9-3-7(11)2-8(12)4-9/h2-4,6H,5H2,1H3. The van der Waals surface area contributed by atoms with Crippen LogP contribution in [0.2, 0.25) is 0 Å². The average Bonchev–Trinajstić information content (AvgIpc) is 2.43. The minimum absolute atomic E-state index is 0.182. The number of halogens is 2. The molecule has 2 rings (SSSR count). The molecule has 0 N–H and O–H groups in total. The number of carbonyl (C=O) groups excluding carboxylic acids is 1. The fraction of sp³-hybridized carbons (Fsp3) is 0.300. The molecule has 80 valence electrons. The van der Waals surface area contributed by atoms with Gasteiger partial charge in [0.25, 0.3) is 0 Å². The average molecular weight is 213 g/mol. The van der Waals surface area contributed by atoms with Gasteiger partial charge in [-0.25, -0.2) is 13.6 Å². The van der Waals surface area contributed by atoms with Crippen LogP contribution in [0.15, 0.2) is 18.2 Å². The number of rotatable bonds is 1. The number of carbonyl (C=O) groups is 1. The molecule has 0 bridgehead atoms. The van der Waals surface area contributed by atoms with Gasteiger partial charge in [-0.15, -0.1) is 0 Å². The molecular weight excluding hydrogens is 204 g/mol. The van der Waals surface area contributed by atoms with Crippen LogP contribution in [0, 0.1) is 11.6 Å². The molecule has 1 saturated heterocycles. The van der Waals surface area contributed by atoms with Crippen LogP contribution in [-0.4, -0.2) is 18.7 Å². The molecule has 1 fully saturated rings. The van der Waals surface area contributed by atoms with Gasteiger partial charge in [-0.3, -0.25) is 4.90 Å². The lowest BCUT2D eigenvalue weighted by Gasteiger charge is -2.12. The predicted molar refractivity (Wildman–Crippen MR) is 49.6 cm³/mol. The Morgan fingerprint density at radius 3 is 2.40 bits per heavy atom. The lowest BCUT2D eigenvalue weighted by molar-refractivity contribution is 0.150. The van der Waals surface area contributed by atoms with Crippen molar-refractivity contribution in [2.75, 3.05) is 11.4 Å². The maximum absolute atomic E-state index is 12.9. The van der Waals surface area contributed by atoms with Gasteiger partial charge < -0.3 is 4.74 Å². The van der Waals surface area contributed by atoms with Crippen LogP contribution in [0.25, 0.3) is 0 Å². The van der Waals surface area contributed by atoms with Crippen molar-refractivity contribution in [3.05, 3.63) is 29.8 Å². The molecular formula is C10H9F2NO2. The Labute approximate surface area is 85.3 Å². The lowest BCUT2D eigenvalue weighted by Crippen LogP contribution is -2.24. The summed E-state index contributed by atoms with van der Waals surface area (Å²) in [5, 5.41) is 0. The van der Waals surface area contributed by atoms with E-state index in [0.29, 0.717) is 6.54 Å². The van der Waals surface area contributed by atoms with Crippen molar-refractivity contribution in [2.24, 2.45) is 0 Å². The molecule has 0 aromatic heterocycles. The van der Waals surface area contributed by atoms with Gasteiger partial charge in [-0.1, -0.05) is 0 Å². The Kier molecular flexibility index (Phi) is 2.30. The highest BCUT2D eigenvalue weighted by Crippen LogP contribution is 2.23. The first kappa shape index (κ1) is 9.89. The molecule has 1 amide bonds. The number of hydrogen-bond acceptors (Lipinski definition) is 2. The molecule has 1 aromatic carbocycles. The summed E-state index contributed by atoms with van der Waals surface area (Å²) in [5.74, 6) is -1.42. The summed E-state index contributed by atoms with van der Waals surface area (Å²) in [6.45, 7) is 2.02. The van der Waals surface area contributed by atoms with Crippen molar-refractivity contribution in [1.29, 1.82) is 0 Å². The van der Waals surface area contributed by atoms with Crippen molar-refractivity contribution in [3.63, 3.8) is 0 Å². The Bertz CT molecular complexity index is 388. The van der Waals surface area contributed by atoms with E-state index >= 15 is 0 Å². The van der Waals surface area contributed by atoms with Crippen LogP contribution in [0.3, 0.4) is 0 Å². The van der Waals surface area contributed by atoms with Crippen LogP contribution in [-0.2, 0) is 4.74 Å². The highest BCUT2D eigenvalue weighted by Gasteiger charge is 2.29. The molecule has 0 aliphatic carbocycles. The smallest absolute Gasteiger partial charge is 0.414 e.